The van der Waals surface area contributed by atoms with E-state index in [0.29, 0.717) is 23.4 Å². The summed E-state index contributed by atoms with van der Waals surface area (Å²) in [6, 6.07) is 5.05. The van der Waals surface area contributed by atoms with Gasteiger partial charge in [-0.25, -0.2) is 17.8 Å². The molecule has 0 fully saturated rings. The van der Waals surface area contributed by atoms with E-state index in [4.69, 9.17) is 0 Å². The van der Waals surface area contributed by atoms with Crippen LogP contribution in [0.5, 0.6) is 0 Å². The molecule has 1 heterocycles. The lowest BCUT2D eigenvalue weighted by Crippen LogP contribution is -2.34. The number of hydrogen-bond donors (Lipinski definition) is 1. The van der Waals surface area contributed by atoms with E-state index in [1.54, 1.807) is 0 Å². The quantitative estimate of drug-likeness (QED) is 0.809. The van der Waals surface area contributed by atoms with Crippen molar-refractivity contribution in [3.05, 3.63) is 41.6 Å². The molecule has 0 aliphatic heterocycles. The van der Waals surface area contributed by atoms with E-state index in [-0.39, 0.29) is 17.4 Å². The van der Waals surface area contributed by atoms with Crippen molar-refractivity contribution < 1.29 is 17.6 Å². The number of aldehydes is 1. The largest absolute Gasteiger partial charge is 0.338 e. The number of aromatic amines is 1. The Morgan fingerprint density at radius 1 is 1.25 bits per heavy atom. The third-order valence-corrected chi connectivity index (χ3v) is 5.09. The highest BCUT2D eigenvalue weighted by atomic mass is 32.2. The van der Waals surface area contributed by atoms with E-state index in [2.05, 4.69) is 9.97 Å². The molecule has 130 valence electrons. The minimum absolute atomic E-state index is 0.0727. The van der Waals surface area contributed by atoms with Gasteiger partial charge in [-0.1, -0.05) is 13.8 Å². The lowest BCUT2D eigenvalue weighted by Gasteiger charge is -2.27. The van der Waals surface area contributed by atoms with Crippen molar-refractivity contribution in [2.45, 2.75) is 19.9 Å². The topological polar surface area (TPSA) is 83.1 Å². The van der Waals surface area contributed by atoms with Crippen LogP contribution in [0.4, 0.5) is 4.39 Å². The summed E-state index contributed by atoms with van der Waals surface area (Å²) in [6.07, 6.45) is 1.74. The average Bonchev–Trinajstić information content (AvgIpc) is 2.90. The van der Waals surface area contributed by atoms with Crippen molar-refractivity contribution in [3.63, 3.8) is 0 Å². The standard InChI is InChI=1S/C16H20FN3O3S/c1-10(2)15(20(3)24(4,22)23)16-18-13(9-21)14(19-16)11-5-7-12(17)8-6-11/h5-10,15H,1-4H3,(H,18,19). The van der Waals surface area contributed by atoms with Gasteiger partial charge in [-0.3, -0.25) is 4.79 Å². The maximum absolute atomic E-state index is 13.1. The minimum Gasteiger partial charge on any atom is -0.338 e. The molecule has 1 atom stereocenters. The molecule has 1 aromatic heterocycles. The molecule has 0 aliphatic carbocycles. The fraction of sp³-hybridized carbons (Fsp3) is 0.375. The highest BCUT2D eigenvalue weighted by Crippen LogP contribution is 2.30. The van der Waals surface area contributed by atoms with E-state index in [0.717, 1.165) is 6.26 Å². The Labute approximate surface area is 140 Å². The SMILES string of the molecule is CC(C)C(c1nc(-c2ccc(F)cc2)c(C=O)[nH]1)N(C)S(C)(=O)=O. The van der Waals surface area contributed by atoms with Gasteiger partial charge in [0.1, 0.15) is 17.3 Å². The van der Waals surface area contributed by atoms with Gasteiger partial charge in [0.2, 0.25) is 10.0 Å². The number of rotatable bonds is 6. The first-order valence-corrected chi connectivity index (χ1v) is 9.24. The number of aromatic nitrogens is 2. The lowest BCUT2D eigenvalue weighted by molar-refractivity contribution is 0.111. The van der Waals surface area contributed by atoms with Crippen molar-refractivity contribution >= 4 is 16.3 Å². The van der Waals surface area contributed by atoms with Crippen LogP contribution in [0.1, 0.15) is 36.2 Å². The van der Waals surface area contributed by atoms with E-state index in [1.807, 2.05) is 13.8 Å². The van der Waals surface area contributed by atoms with E-state index < -0.39 is 16.1 Å². The zero-order chi connectivity index (χ0) is 18.1. The minimum atomic E-state index is -3.44. The number of halogens is 1. The van der Waals surface area contributed by atoms with E-state index >= 15 is 0 Å². The van der Waals surface area contributed by atoms with Crippen LogP contribution in [0.2, 0.25) is 0 Å². The number of nitrogens with one attached hydrogen (secondary N) is 1. The third-order valence-electron chi connectivity index (χ3n) is 3.81. The van der Waals surface area contributed by atoms with Crippen LogP contribution in [0.15, 0.2) is 24.3 Å². The molecule has 0 radical (unpaired) electrons. The predicted octanol–water partition coefficient (Wildman–Crippen LogP) is 2.62. The summed E-state index contributed by atoms with van der Waals surface area (Å²) < 4.78 is 38.1. The Morgan fingerprint density at radius 2 is 1.83 bits per heavy atom. The van der Waals surface area contributed by atoms with Crippen molar-refractivity contribution in [1.29, 1.82) is 0 Å². The van der Waals surface area contributed by atoms with Gasteiger partial charge in [0.15, 0.2) is 6.29 Å². The summed E-state index contributed by atoms with van der Waals surface area (Å²) in [4.78, 5) is 18.7. The number of carbonyl (C=O) groups is 1. The summed E-state index contributed by atoms with van der Waals surface area (Å²) >= 11 is 0. The van der Waals surface area contributed by atoms with Gasteiger partial charge in [-0.2, -0.15) is 4.31 Å². The molecular formula is C16H20FN3O3S. The molecule has 8 heteroatoms. The van der Waals surface area contributed by atoms with Crippen molar-refractivity contribution in [2.75, 3.05) is 13.3 Å². The molecule has 0 bridgehead atoms. The molecule has 2 aromatic rings. The van der Waals surface area contributed by atoms with E-state index in [1.165, 1.54) is 35.6 Å². The molecule has 0 spiro atoms. The van der Waals surface area contributed by atoms with Crippen molar-refractivity contribution in [3.8, 4) is 11.3 Å². The fourth-order valence-corrected chi connectivity index (χ4v) is 3.33. The Bertz CT molecular complexity index is 829. The normalized spacial score (nSPS) is 13.5. The highest BCUT2D eigenvalue weighted by molar-refractivity contribution is 7.88. The summed E-state index contributed by atoms with van der Waals surface area (Å²) in [5, 5.41) is 0. The van der Waals surface area contributed by atoms with Gasteiger partial charge in [0.05, 0.1) is 18.0 Å². The van der Waals surface area contributed by atoms with Gasteiger partial charge < -0.3 is 4.98 Å². The molecule has 1 unspecified atom stereocenters. The smallest absolute Gasteiger partial charge is 0.211 e. The second-order valence-electron chi connectivity index (χ2n) is 5.98. The summed E-state index contributed by atoms with van der Waals surface area (Å²) in [6.45, 7) is 3.74. The Balaban J connectivity index is 2.54. The number of nitrogens with zero attached hydrogens (tertiary/aromatic N) is 2. The predicted molar refractivity (Wildman–Crippen MR) is 89.6 cm³/mol. The van der Waals surface area contributed by atoms with Crippen LogP contribution in [0.25, 0.3) is 11.3 Å². The molecule has 0 aliphatic rings. The Morgan fingerprint density at radius 3 is 2.29 bits per heavy atom. The van der Waals surface area contributed by atoms with Crippen LogP contribution in [-0.4, -0.2) is 42.3 Å². The van der Waals surface area contributed by atoms with Gasteiger partial charge in [-0.15, -0.1) is 0 Å². The molecular weight excluding hydrogens is 333 g/mol. The fourth-order valence-electron chi connectivity index (χ4n) is 2.57. The van der Waals surface area contributed by atoms with Crippen LogP contribution >= 0.6 is 0 Å². The zero-order valence-electron chi connectivity index (χ0n) is 13.9. The number of hydrogen-bond acceptors (Lipinski definition) is 4. The first-order chi connectivity index (χ1) is 11.1. The number of carbonyl (C=O) groups excluding carboxylic acids is 1. The second-order valence-corrected chi connectivity index (χ2v) is 8.02. The van der Waals surface area contributed by atoms with Gasteiger partial charge in [0.25, 0.3) is 0 Å². The monoisotopic (exact) mass is 353 g/mol. The molecule has 1 aromatic carbocycles. The van der Waals surface area contributed by atoms with Crippen LogP contribution in [-0.2, 0) is 10.0 Å². The maximum atomic E-state index is 13.1. The lowest BCUT2D eigenvalue weighted by atomic mass is 10.0. The summed E-state index contributed by atoms with van der Waals surface area (Å²) in [5.41, 5.74) is 1.17. The summed E-state index contributed by atoms with van der Waals surface area (Å²) in [5.74, 6) is -0.0881. The number of benzene rings is 1. The Hall–Kier alpha value is -2.06. The van der Waals surface area contributed by atoms with Crippen molar-refractivity contribution in [1.82, 2.24) is 14.3 Å². The van der Waals surface area contributed by atoms with Crippen LogP contribution < -0.4 is 0 Å². The molecule has 2 rings (SSSR count). The molecule has 24 heavy (non-hydrogen) atoms. The summed E-state index contributed by atoms with van der Waals surface area (Å²) in [7, 11) is -1.97. The number of imidazole rings is 1. The number of H-pyrrole nitrogens is 1. The van der Waals surface area contributed by atoms with Crippen LogP contribution in [0.3, 0.4) is 0 Å². The molecule has 0 saturated carbocycles. The second kappa shape index (κ2) is 6.82. The van der Waals surface area contributed by atoms with Gasteiger partial charge >= 0.3 is 0 Å². The Kier molecular flexibility index (Phi) is 5.19. The average molecular weight is 353 g/mol. The van der Waals surface area contributed by atoms with Gasteiger partial charge in [-0.05, 0) is 30.2 Å². The highest BCUT2D eigenvalue weighted by Gasteiger charge is 2.30. The maximum Gasteiger partial charge on any atom is 0.211 e. The van der Waals surface area contributed by atoms with Crippen LogP contribution in [0, 0.1) is 11.7 Å². The molecule has 6 nitrogen and oxygen atoms in total. The van der Waals surface area contributed by atoms with E-state index in [9.17, 15) is 17.6 Å². The number of sulfonamides is 1. The van der Waals surface area contributed by atoms with Crippen molar-refractivity contribution in [2.24, 2.45) is 5.92 Å². The van der Waals surface area contributed by atoms with Gasteiger partial charge in [0, 0.05) is 12.6 Å². The third kappa shape index (κ3) is 3.70. The molecule has 0 saturated heterocycles. The molecule has 0 amide bonds. The first kappa shape index (κ1) is 18.3. The molecule has 1 N–H and O–H groups in total. The first-order valence-electron chi connectivity index (χ1n) is 7.39. The zero-order valence-corrected chi connectivity index (χ0v) is 14.8.